The van der Waals surface area contributed by atoms with E-state index in [0.29, 0.717) is 5.56 Å². The van der Waals surface area contributed by atoms with Crippen LogP contribution in [0.1, 0.15) is 11.1 Å². The first-order valence-electron chi connectivity index (χ1n) is 16.2. The van der Waals surface area contributed by atoms with Crippen molar-refractivity contribution in [1.82, 2.24) is 9.38 Å². The van der Waals surface area contributed by atoms with Gasteiger partial charge < -0.3 is 0 Å². The van der Waals surface area contributed by atoms with E-state index in [9.17, 15) is 5.26 Å². The minimum Gasteiger partial charge on any atom is -0.291 e. The van der Waals surface area contributed by atoms with Crippen LogP contribution in [0.5, 0.6) is 0 Å². The largest absolute Gasteiger partial charge is 0.291 e. The molecule has 0 atom stereocenters. The van der Waals surface area contributed by atoms with Crippen molar-refractivity contribution in [3.8, 4) is 50.8 Å². The molecule has 9 aromatic rings. The number of nitriles is 1. The number of imidazole rings is 1. The Kier molecular flexibility index (Phi) is 6.42. The minimum atomic E-state index is 0.631. The van der Waals surface area contributed by atoms with Crippen LogP contribution in [-0.2, 0) is 0 Å². The van der Waals surface area contributed by atoms with Crippen molar-refractivity contribution in [2.45, 2.75) is 6.92 Å². The molecule has 0 spiro atoms. The Bertz CT molecular complexity index is 2710. The zero-order valence-electron chi connectivity index (χ0n) is 26.4. The Morgan fingerprint density at radius 2 is 1.10 bits per heavy atom. The number of hydrogen-bond acceptors (Lipinski definition) is 2. The van der Waals surface area contributed by atoms with Crippen molar-refractivity contribution in [2.24, 2.45) is 0 Å². The maximum atomic E-state index is 9.47. The summed E-state index contributed by atoms with van der Waals surface area (Å²) in [5, 5.41) is 15.4. The molecular weight excluding hydrogens is 583 g/mol. The van der Waals surface area contributed by atoms with Crippen LogP contribution < -0.4 is 0 Å². The molecule has 0 fully saturated rings. The summed E-state index contributed by atoms with van der Waals surface area (Å²) in [5.41, 5.74) is 12.6. The highest BCUT2D eigenvalue weighted by Gasteiger charge is 2.21. The van der Waals surface area contributed by atoms with Gasteiger partial charge in [0.25, 0.3) is 0 Å². The highest BCUT2D eigenvalue weighted by Crippen LogP contribution is 2.40. The summed E-state index contributed by atoms with van der Waals surface area (Å²) in [5.74, 6) is 0. The molecule has 0 aliphatic heterocycles. The molecular formula is C45H29N3. The average molecular weight is 612 g/mol. The lowest BCUT2D eigenvalue weighted by molar-refractivity contribution is 1.27. The van der Waals surface area contributed by atoms with Crippen molar-refractivity contribution in [2.75, 3.05) is 0 Å². The Balaban J connectivity index is 1.26. The summed E-state index contributed by atoms with van der Waals surface area (Å²) in [6.07, 6.45) is 0. The van der Waals surface area contributed by atoms with Crippen molar-refractivity contribution >= 4 is 38.1 Å². The number of aryl methyl sites for hydroxylation is 1. The zero-order valence-corrected chi connectivity index (χ0v) is 26.4. The van der Waals surface area contributed by atoms with Crippen LogP contribution in [-0.4, -0.2) is 9.38 Å². The number of nitrogens with zero attached hydrogens (tertiary/aromatic N) is 3. The molecule has 3 nitrogen and oxygen atoms in total. The Morgan fingerprint density at radius 1 is 0.500 bits per heavy atom. The topological polar surface area (TPSA) is 41.1 Å². The lowest BCUT2D eigenvalue weighted by atomic mass is 9.96. The molecule has 48 heavy (non-hydrogen) atoms. The third-order valence-corrected chi connectivity index (χ3v) is 9.49. The molecule has 0 radical (unpaired) electrons. The Morgan fingerprint density at radius 3 is 1.85 bits per heavy atom. The van der Waals surface area contributed by atoms with Crippen LogP contribution >= 0.6 is 0 Å². The number of para-hydroxylation sites is 1. The van der Waals surface area contributed by atoms with Gasteiger partial charge in [-0.2, -0.15) is 5.26 Å². The molecule has 0 unspecified atom stereocenters. The van der Waals surface area contributed by atoms with Gasteiger partial charge in [0.2, 0.25) is 0 Å². The summed E-state index contributed by atoms with van der Waals surface area (Å²) in [7, 11) is 0. The molecule has 224 valence electrons. The van der Waals surface area contributed by atoms with E-state index in [-0.39, 0.29) is 0 Å². The molecule has 9 rings (SSSR count). The second-order valence-corrected chi connectivity index (χ2v) is 12.4. The molecule has 0 N–H and O–H groups in total. The maximum absolute atomic E-state index is 9.47. The third-order valence-electron chi connectivity index (χ3n) is 9.49. The van der Waals surface area contributed by atoms with Crippen LogP contribution in [0.15, 0.2) is 158 Å². The van der Waals surface area contributed by atoms with Crippen LogP contribution in [0.2, 0.25) is 0 Å². The van der Waals surface area contributed by atoms with E-state index >= 15 is 0 Å². The minimum absolute atomic E-state index is 0.631. The fraction of sp³-hybridized carbons (Fsp3) is 0.0222. The molecule has 0 bridgehead atoms. The number of pyridine rings is 1. The average Bonchev–Trinajstić information content (AvgIpc) is 3.56. The lowest BCUT2D eigenvalue weighted by Crippen LogP contribution is -1.95. The predicted octanol–water partition coefficient (Wildman–Crippen LogP) is 11.6. The van der Waals surface area contributed by atoms with Gasteiger partial charge in [0.05, 0.1) is 28.5 Å². The van der Waals surface area contributed by atoms with E-state index in [4.69, 9.17) is 4.98 Å². The third kappa shape index (κ3) is 4.54. The number of hydrogen-bond donors (Lipinski definition) is 0. The lowest BCUT2D eigenvalue weighted by Gasteiger charge is -2.13. The first kappa shape index (κ1) is 27.8. The van der Waals surface area contributed by atoms with Gasteiger partial charge in [-0.25, -0.2) is 4.98 Å². The van der Waals surface area contributed by atoms with Crippen LogP contribution in [0, 0.1) is 18.3 Å². The molecule has 0 saturated carbocycles. The first-order chi connectivity index (χ1) is 23.6. The summed E-state index contributed by atoms with van der Waals surface area (Å²) in [6.45, 7) is 2.11. The number of fused-ring (bicyclic) bond motifs is 7. The molecule has 0 aliphatic carbocycles. The van der Waals surface area contributed by atoms with Crippen LogP contribution in [0.25, 0.3) is 82.9 Å². The van der Waals surface area contributed by atoms with Gasteiger partial charge in [-0.1, -0.05) is 133 Å². The van der Waals surface area contributed by atoms with E-state index in [1.807, 2.05) is 24.3 Å². The van der Waals surface area contributed by atoms with Crippen molar-refractivity contribution in [3.63, 3.8) is 0 Å². The zero-order chi connectivity index (χ0) is 32.2. The second-order valence-electron chi connectivity index (χ2n) is 12.4. The standard InChI is InChI=1S/C45H29N3/c1-29-10-14-35(15-11-29)44-43(34-16-12-30(28-46)13-17-34)47-45-41-27-38(24-25-39(41)40-8-4-5-9-42(40)48(44)45)33-20-18-32(19-21-33)37-23-22-31-6-2-3-7-36(31)26-37/h2-27H,1H3. The Labute approximate surface area is 278 Å². The summed E-state index contributed by atoms with van der Waals surface area (Å²) in [6, 6.07) is 58.0. The van der Waals surface area contributed by atoms with Crippen molar-refractivity contribution < 1.29 is 0 Å². The van der Waals surface area contributed by atoms with Crippen molar-refractivity contribution in [3.05, 3.63) is 169 Å². The highest BCUT2D eigenvalue weighted by molar-refractivity contribution is 6.14. The van der Waals surface area contributed by atoms with Gasteiger partial charge in [0.1, 0.15) is 5.65 Å². The summed E-state index contributed by atoms with van der Waals surface area (Å²) >= 11 is 0. The van der Waals surface area contributed by atoms with E-state index in [1.54, 1.807) is 0 Å². The van der Waals surface area contributed by atoms with E-state index < -0.39 is 0 Å². The van der Waals surface area contributed by atoms with Crippen LogP contribution in [0.3, 0.4) is 0 Å². The Hall–Kier alpha value is -6.50. The molecule has 0 saturated heterocycles. The molecule has 2 heterocycles. The smallest absolute Gasteiger partial charge is 0.146 e. The quantitative estimate of drug-likeness (QED) is 0.186. The van der Waals surface area contributed by atoms with E-state index in [1.165, 1.54) is 38.2 Å². The van der Waals surface area contributed by atoms with Gasteiger partial charge >= 0.3 is 0 Å². The highest BCUT2D eigenvalue weighted by atomic mass is 15.0. The molecule has 0 aliphatic rings. The second kappa shape index (κ2) is 11.1. The first-order valence-corrected chi connectivity index (χ1v) is 16.2. The van der Waals surface area contributed by atoms with Gasteiger partial charge in [0.15, 0.2) is 0 Å². The van der Waals surface area contributed by atoms with Crippen LogP contribution in [0.4, 0.5) is 0 Å². The predicted molar refractivity (Wildman–Crippen MR) is 199 cm³/mol. The molecule has 3 heteroatoms. The number of benzene rings is 7. The maximum Gasteiger partial charge on any atom is 0.146 e. The van der Waals surface area contributed by atoms with Gasteiger partial charge in [-0.3, -0.25) is 4.40 Å². The summed E-state index contributed by atoms with van der Waals surface area (Å²) < 4.78 is 2.32. The number of rotatable bonds is 4. The van der Waals surface area contributed by atoms with Crippen molar-refractivity contribution in [1.29, 1.82) is 5.26 Å². The summed E-state index contributed by atoms with van der Waals surface area (Å²) in [4.78, 5) is 5.41. The van der Waals surface area contributed by atoms with Gasteiger partial charge in [-0.15, -0.1) is 0 Å². The van der Waals surface area contributed by atoms with E-state index in [0.717, 1.165) is 50.2 Å². The SMILES string of the molecule is Cc1ccc(-c2c(-c3ccc(C#N)cc3)nc3c4cc(-c5ccc(-c6ccc7ccccc7c6)cc5)ccc4c4ccccc4n23)cc1. The fourth-order valence-corrected chi connectivity index (χ4v) is 6.98. The van der Waals surface area contributed by atoms with Gasteiger partial charge in [0, 0.05) is 21.9 Å². The number of aromatic nitrogens is 2. The van der Waals surface area contributed by atoms with E-state index in [2.05, 4.69) is 151 Å². The fourth-order valence-electron chi connectivity index (χ4n) is 6.98. The normalized spacial score (nSPS) is 11.4. The molecule has 7 aromatic carbocycles. The molecule has 0 amide bonds. The monoisotopic (exact) mass is 611 g/mol. The van der Waals surface area contributed by atoms with Gasteiger partial charge in [-0.05, 0) is 75.7 Å². The molecule has 2 aromatic heterocycles.